The normalized spacial score (nSPS) is 13.8. The predicted octanol–water partition coefficient (Wildman–Crippen LogP) is 3.56. The van der Waals surface area contributed by atoms with Gasteiger partial charge in [-0.05, 0) is 37.1 Å². The van der Waals surface area contributed by atoms with Gasteiger partial charge in [0.25, 0.3) is 5.91 Å². The molecule has 1 aromatic carbocycles. The van der Waals surface area contributed by atoms with Crippen LogP contribution in [0, 0.1) is 0 Å². The molecule has 0 radical (unpaired) electrons. The molecule has 1 fully saturated rings. The average Bonchev–Trinajstić information content (AvgIpc) is 3.26. The Balaban J connectivity index is 1.81. The number of benzene rings is 1. The fourth-order valence-electron chi connectivity index (χ4n) is 1.88. The van der Waals surface area contributed by atoms with Gasteiger partial charge in [0.15, 0.2) is 0 Å². The van der Waals surface area contributed by atoms with E-state index < -0.39 is 0 Å². The van der Waals surface area contributed by atoms with Crippen LogP contribution < -0.4 is 10.6 Å². The molecule has 0 spiro atoms. The van der Waals surface area contributed by atoms with E-state index in [-0.39, 0.29) is 5.91 Å². The Kier molecular flexibility index (Phi) is 3.56. The molecule has 4 nitrogen and oxygen atoms in total. The first-order valence-electron chi connectivity index (χ1n) is 6.51. The number of pyridine rings is 1. The molecule has 0 atom stereocenters. The summed E-state index contributed by atoms with van der Waals surface area (Å²) < 4.78 is 0. The maximum atomic E-state index is 12.3. The second-order valence-electron chi connectivity index (χ2n) is 4.75. The number of rotatable bonds is 4. The zero-order valence-corrected chi connectivity index (χ0v) is 11.5. The van der Waals surface area contributed by atoms with Crippen LogP contribution >= 0.6 is 11.6 Å². The highest BCUT2D eigenvalue weighted by atomic mass is 35.5. The number of carbonyl (C=O) groups is 1. The summed E-state index contributed by atoms with van der Waals surface area (Å²) in [5, 5.41) is 6.59. The number of nitrogens with zero attached hydrogens (tertiary/aromatic N) is 1. The van der Waals surface area contributed by atoms with Gasteiger partial charge >= 0.3 is 0 Å². The van der Waals surface area contributed by atoms with E-state index in [4.69, 9.17) is 11.6 Å². The summed E-state index contributed by atoms with van der Waals surface area (Å²) in [6, 6.07) is 11.1. The monoisotopic (exact) mass is 287 g/mol. The van der Waals surface area contributed by atoms with Crippen molar-refractivity contribution in [3.63, 3.8) is 0 Å². The van der Waals surface area contributed by atoms with Gasteiger partial charge in [-0.25, -0.2) is 4.98 Å². The number of para-hydroxylation sites is 1. The average molecular weight is 288 g/mol. The first kappa shape index (κ1) is 12.9. The molecule has 0 unspecified atom stereocenters. The lowest BCUT2D eigenvalue weighted by Gasteiger charge is -2.11. The molecule has 1 heterocycles. The van der Waals surface area contributed by atoms with Gasteiger partial charge in [-0.3, -0.25) is 4.79 Å². The summed E-state index contributed by atoms with van der Waals surface area (Å²) in [5.74, 6) is 0.411. The highest BCUT2D eigenvalue weighted by molar-refractivity contribution is 6.34. The number of anilines is 2. The molecular weight excluding hydrogens is 274 g/mol. The number of aromatic nitrogens is 1. The van der Waals surface area contributed by atoms with E-state index in [2.05, 4.69) is 15.6 Å². The van der Waals surface area contributed by atoms with E-state index in [1.165, 1.54) is 0 Å². The van der Waals surface area contributed by atoms with E-state index in [1.54, 1.807) is 30.5 Å². The van der Waals surface area contributed by atoms with Crippen LogP contribution in [0.1, 0.15) is 23.2 Å². The van der Waals surface area contributed by atoms with Crippen molar-refractivity contribution in [3.8, 4) is 0 Å². The molecule has 2 aromatic rings. The van der Waals surface area contributed by atoms with E-state index >= 15 is 0 Å². The van der Waals surface area contributed by atoms with Crippen molar-refractivity contribution in [2.24, 2.45) is 0 Å². The maximum absolute atomic E-state index is 12.3. The summed E-state index contributed by atoms with van der Waals surface area (Å²) in [5.41, 5.74) is 1.12. The van der Waals surface area contributed by atoms with Crippen LogP contribution in [0.5, 0.6) is 0 Å². The van der Waals surface area contributed by atoms with Gasteiger partial charge in [0.2, 0.25) is 0 Å². The van der Waals surface area contributed by atoms with E-state index in [9.17, 15) is 4.79 Å². The second kappa shape index (κ2) is 5.51. The van der Waals surface area contributed by atoms with Crippen LogP contribution in [0.25, 0.3) is 0 Å². The Morgan fingerprint density at radius 3 is 2.75 bits per heavy atom. The van der Waals surface area contributed by atoms with Crippen molar-refractivity contribution < 1.29 is 4.79 Å². The Bertz CT molecular complexity index is 641. The predicted molar refractivity (Wildman–Crippen MR) is 80.3 cm³/mol. The lowest BCUT2D eigenvalue weighted by Crippen LogP contribution is -2.16. The SMILES string of the molecule is O=C(Nc1ccccc1Cl)c1cccnc1NC1CC1. The summed E-state index contributed by atoms with van der Waals surface area (Å²) in [6.45, 7) is 0. The van der Waals surface area contributed by atoms with E-state index in [0.717, 1.165) is 12.8 Å². The molecule has 1 aliphatic carbocycles. The molecule has 1 aromatic heterocycles. The Hall–Kier alpha value is -2.07. The number of carbonyl (C=O) groups excluding carboxylic acids is 1. The number of hydrogen-bond acceptors (Lipinski definition) is 3. The third-order valence-electron chi connectivity index (χ3n) is 3.09. The number of hydrogen-bond donors (Lipinski definition) is 2. The molecule has 2 N–H and O–H groups in total. The molecule has 20 heavy (non-hydrogen) atoms. The highest BCUT2D eigenvalue weighted by Crippen LogP contribution is 2.26. The molecule has 0 saturated heterocycles. The van der Waals surface area contributed by atoms with Crippen molar-refractivity contribution >= 4 is 29.0 Å². The zero-order valence-electron chi connectivity index (χ0n) is 10.8. The van der Waals surface area contributed by atoms with Gasteiger partial charge in [-0.1, -0.05) is 23.7 Å². The van der Waals surface area contributed by atoms with Crippen LogP contribution in [0.3, 0.4) is 0 Å². The van der Waals surface area contributed by atoms with E-state index in [1.807, 2.05) is 12.1 Å². The molecule has 0 bridgehead atoms. The molecule has 3 rings (SSSR count). The van der Waals surface area contributed by atoms with Crippen molar-refractivity contribution in [3.05, 3.63) is 53.2 Å². The largest absolute Gasteiger partial charge is 0.367 e. The molecule has 1 saturated carbocycles. The van der Waals surface area contributed by atoms with Gasteiger partial charge in [-0.2, -0.15) is 0 Å². The Morgan fingerprint density at radius 1 is 1.20 bits per heavy atom. The lowest BCUT2D eigenvalue weighted by atomic mass is 10.2. The van der Waals surface area contributed by atoms with Crippen molar-refractivity contribution in [2.75, 3.05) is 10.6 Å². The van der Waals surface area contributed by atoms with Gasteiger partial charge in [-0.15, -0.1) is 0 Å². The molecule has 5 heteroatoms. The third kappa shape index (κ3) is 2.91. The van der Waals surface area contributed by atoms with Crippen LogP contribution in [-0.4, -0.2) is 16.9 Å². The minimum Gasteiger partial charge on any atom is -0.367 e. The van der Waals surface area contributed by atoms with Crippen LogP contribution in [-0.2, 0) is 0 Å². The third-order valence-corrected chi connectivity index (χ3v) is 3.42. The van der Waals surface area contributed by atoms with Gasteiger partial charge in [0.05, 0.1) is 16.3 Å². The summed E-state index contributed by atoms with van der Waals surface area (Å²) in [6.07, 6.45) is 3.93. The topological polar surface area (TPSA) is 54.0 Å². The molecule has 1 aliphatic rings. The number of amides is 1. The van der Waals surface area contributed by atoms with Crippen molar-refractivity contribution in [1.29, 1.82) is 0 Å². The first-order valence-corrected chi connectivity index (χ1v) is 6.89. The van der Waals surface area contributed by atoms with Gasteiger partial charge < -0.3 is 10.6 Å². The molecule has 0 aliphatic heterocycles. The molecular formula is C15H14ClN3O. The van der Waals surface area contributed by atoms with Gasteiger partial charge in [0.1, 0.15) is 5.82 Å². The number of nitrogens with one attached hydrogen (secondary N) is 2. The fraction of sp³-hybridized carbons (Fsp3) is 0.200. The standard InChI is InChI=1S/C15H14ClN3O/c16-12-5-1-2-6-13(12)19-15(20)11-4-3-9-17-14(11)18-10-7-8-10/h1-6,9-10H,7-8H2,(H,17,18)(H,19,20). The smallest absolute Gasteiger partial charge is 0.259 e. The Labute approximate surface area is 122 Å². The summed E-state index contributed by atoms with van der Waals surface area (Å²) >= 11 is 6.04. The van der Waals surface area contributed by atoms with Crippen LogP contribution in [0.2, 0.25) is 5.02 Å². The fourth-order valence-corrected chi connectivity index (χ4v) is 2.06. The molecule has 1 amide bonds. The summed E-state index contributed by atoms with van der Waals surface area (Å²) in [4.78, 5) is 16.6. The maximum Gasteiger partial charge on any atom is 0.259 e. The number of halogens is 1. The zero-order chi connectivity index (χ0) is 13.9. The molecule has 102 valence electrons. The summed E-state index contributed by atoms with van der Waals surface area (Å²) in [7, 11) is 0. The quantitative estimate of drug-likeness (QED) is 0.904. The highest BCUT2D eigenvalue weighted by Gasteiger charge is 2.23. The van der Waals surface area contributed by atoms with Gasteiger partial charge in [0, 0.05) is 12.2 Å². The van der Waals surface area contributed by atoms with Crippen LogP contribution in [0.15, 0.2) is 42.6 Å². The second-order valence-corrected chi connectivity index (χ2v) is 5.16. The minimum absolute atomic E-state index is 0.214. The van der Waals surface area contributed by atoms with E-state index in [0.29, 0.717) is 28.1 Å². The lowest BCUT2D eigenvalue weighted by molar-refractivity contribution is 0.102. The van der Waals surface area contributed by atoms with Crippen LogP contribution in [0.4, 0.5) is 11.5 Å². The minimum atomic E-state index is -0.214. The van der Waals surface area contributed by atoms with Crippen molar-refractivity contribution in [2.45, 2.75) is 18.9 Å². The van der Waals surface area contributed by atoms with Crippen molar-refractivity contribution in [1.82, 2.24) is 4.98 Å². The Morgan fingerprint density at radius 2 is 2.00 bits per heavy atom. The first-order chi connectivity index (χ1) is 9.74.